The Hall–Kier alpha value is -1.40. The van der Waals surface area contributed by atoms with Gasteiger partial charge in [0.1, 0.15) is 12.2 Å². The Morgan fingerprint density at radius 2 is 2.10 bits per heavy atom. The number of aliphatic hydroxyl groups excluding tert-OH is 1. The maximum atomic E-state index is 12.0. The highest BCUT2D eigenvalue weighted by Gasteiger charge is 2.60. The second kappa shape index (κ2) is 4.08. The molecule has 6 nitrogen and oxygen atoms in total. The number of hydrogen-bond donors (Lipinski definition) is 1. The van der Waals surface area contributed by atoms with E-state index >= 15 is 0 Å². The quantitative estimate of drug-likeness (QED) is 0.512. The number of aliphatic hydroxyl groups is 1. The zero-order valence-corrected chi connectivity index (χ0v) is 11.9. The van der Waals surface area contributed by atoms with Gasteiger partial charge in [0.05, 0.1) is 29.3 Å². The number of ether oxygens (including phenoxy) is 3. The van der Waals surface area contributed by atoms with E-state index in [1.165, 1.54) is 0 Å². The number of fused-ring (bicyclic) bond motifs is 4. The molecule has 0 aromatic rings. The lowest BCUT2D eigenvalue weighted by Gasteiger charge is -2.25. The largest absolute Gasteiger partial charge is 0.462 e. The molecule has 2 fully saturated rings. The number of esters is 2. The van der Waals surface area contributed by atoms with E-state index < -0.39 is 23.8 Å². The summed E-state index contributed by atoms with van der Waals surface area (Å²) in [6.45, 7) is 3.75. The Bertz CT molecular complexity index is 554. The fourth-order valence-electron chi connectivity index (χ4n) is 3.89. The lowest BCUT2D eigenvalue weighted by atomic mass is 9.81. The Labute approximate surface area is 122 Å². The third-order valence-electron chi connectivity index (χ3n) is 5.29. The monoisotopic (exact) mass is 294 g/mol. The van der Waals surface area contributed by atoms with Crippen LogP contribution in [0, 0.1) is 11.8 Å². The highest BCUT2D eigenvalue weighted by atomic mass is 16.6. The van der Waals surface area contributed by atoms with Gasteiger partial charge in [-0.2, -0.15) is 0 Å². The third-order valence-corrected chi connectivity index (χ3v) is 5.29. The molecule has 4 rings (SSSR count). The van der Waals surface area contributed by atoms with Crippen molar-refractivity contribution >= 4 is 11.9 Å². The van der Waals surface area contributed by atoms with Crippen molar-refractivity contribution in [2.24, 2.45) is 11.8 Å². The van der Waals surface area contributed by atoms with Crippen molar-refractivity contribution in [3.8, 4) is 0 Å². The van der Waals surface area contributed by atoms with Gasteiger partial charge in [0.25, 0.3) is 0 Å². The van der Waals surface area contributed by atoms with Crippen molar-refractivity contribution in [1.82, 2.24) is 0 Å². The summed E-state index contributed by atoms with van der Waals surface area (Å²) in [5.41, 5.74) is -0.112. The highest BCUT2D eigenvalue weighted by molar-refractivity contribution is 5.92. The molecule has 0 aromatic heterocycles. The van der Waals surface area contributed by atoms with Gasteiger partial charge in [-0.05, 0) is 13.0 Å². The lowest BCUT2D eigenvalue weighted by Crippen LogP contribution is -2.35. The molecule has 114 valence electrons. The molecule has 4 aliphatic rings. The van der Waals surface area contributed by atoms with Gasteiger partial charge in [-0.15, -0.1) is 0 Å². The predicted molar refractivity (Wildman–Crippen MR) is 69.0 cm³/mol. The zero-order valence-electron chi connectivity index (χ0n) is 11.9. The molecule has 0 amide bonds. The van der Waals surface area contributed by atoms with Crippen LogP contribution < -0.4 is 0 Å². The van der Waals surface area contributed by atoms with Crippen LogP contribution in [0.3, 0.4) is 0 Å². The SMILES string of the molecule is C[C@H]1C(=O)O[C@H]2C[C@]3(C)O[C@@H]3C[C@H](O)C3=C[C@@H](OC3=O)[C@@H]21. The summed E-state index contributed by atoms with van der Waals surface area (Å²) in [4.78, 5) is 23.9. The van der Waals surface area contributed by atoms with Crippen LogP contribution in [0.25, 0.3) is 0 Å². The number of carbonyl (C=O) groups excluding carboxylic acids is 2. The molecule has 0 spiro atoms. The van der Waals surface area contributed by atoms with Gasteiger partial charge in [-0.25, -0.2) is 4.79 Å². The van der Waals surface area contributed by atoms with Crippen molar-refractivity contribution in [2.75, 3.05) is 0 Å². The first kappa shape index (κ1) is 13.3. The molecule has 7 atom stereocenters. The van der Waals surface area contributed by atoms with E-state index in [4.69, 9.17) is 14.2 Å². The van der Waals surface area contributed by atoms with Gasteiger partial charge in [0, 0.05) is 18.8 Å². The molecule has 0 unspecified atom stereocenters. The van der Waals surface area contributed by atoms with Crippen LogP contribution in [0.1, 0.15) is 26.7 Å². The minimum Gasteiger partial charge on any atom is -0.462 e. The van der Waals surface area contributed by atoms with Crippen LogP contribution in [0.4, 0.5) is 0 Å². The predicted octanol–water partition coefficient (Wildman–Crippen LogP) is 0.328. The smallest absolute Gasteiger partial charge is 0.337 e. The molecule has 1 N–H and O–H groups in total. The molecule has 0 aromatic carbocycles. The average Bonchev–Trinajstić information content (AvgIpc) is 2.73. The van der Waals surface area contributed by atoms with Gasteiger partial charge in [-0.1, -0.05) is 6.92 Å². The summed E-state index contributed by atoms with van der Waals surface area (Å²) in [5.74, 6) is -1.31. The Morgan fingerprint density at radius 3 is 2.86 bits per heavy atom. The second-order valence-corrected chi connectivity index (χ2v) is 6.71. The van der Waals surface area contributed by atoms with Crippen LogP contribution in [0.5, 0.6) is 0 Å². The van der Waals surface area contributed by atoms with Crippen molar-refractivity contribution in [3.05, 3.63) is 11.6 Å². The topological polar surface area (TPSA) is 85.4 Å². The Morgan fingerprint density at radius 1 is 1.33 bits per heavy atom. The second-order valence-electron chi connectivity index (χ2n) is 6.71. The summed E-state index contributed by atoms with van der Waals surface area (Å²) in [5, 5.41) is 10.2. The molecular weight excluding hydrogens is 276 g/mol. The normalized spacial score (nSPS) is 51.5. The molecule has 1 aliphatic carbocycles. The van der Waals surface area contributed by atoms with Crippen LogP contribution in [-0.4, -0.2) is 47.1 Å². The molecule has 3 aliphatic heterocycles. The maximum absolute atomic E-state index is 12.0. The van der Waals surface area contributed by atoms with Crippen molar-refractivity contribution < 1.29 is 28.9 Å². The fourth-order valence-corrected chi connectivity index (χ4v) is 3.89. The number of epoxide rings is 1. The minimum absolute atomic E-state index is 0.117. The lowest BCUT2D eigenvalue weighted by molar-refractivity contribution is -0.144. The zero-order chi connectivity index (χ0) is 14.9. The summed E-state index contributed by atoms with van der Waals surface area (Å²) < 4.78 is 16.6. The van der Waals surface area contributed by atoms with Gasteiger partial charge < -0.3 is 19.3 Å². The van der Waals surface area contributed by atoms with E-state index in [0.29, 0.717) is 12.8 Å². The molecule has 21 heavy (non-hydrogen) atoms. The fraction of sp³-hybridized carbons (Fsp3) is 0.733. The molecule has 0 saturated carbocycles. The molecule has 6 heteroatoms. The average molecular weight is 294 g/mol. The first-order chi connectivity index (χ1) is 9.89. The molecular formula is C15H18O6. The minimum atomic E-state index is -0.876. The summed E-state index contributed by atoms with van der Waals surface area (Å²) >= 11 is 0. The van der Waals surface area contributed by atoms with Gasteiger partial charge in [0.15, 0.2) is 0 Å². The van der Waals surface area contributed by atoms with Crippen LogP contribution in [0.2, 0.25) is 0 Å². The van der Waals surface area contributed by atoms with Crippen molar-refractivity contribution in [3.63, 3.8) is 0 Å². The van der Waals surface area contributed by atoms with Crippen LogP contribution in [-0.2, 0) is 23.8 Å². The molecule has 3 heterocycles. The van der Waals surface area contributed by atoms with Crippen LogP contribution >= 0.6 is 0 Å². The standard InChI is InChI=1S/C15H18O6/c1-6-12-9-3-7(14(18)19-9)8(16)4-11-15(2,21-11)5-10(12)20-13(6)17/h3,6,8-12,16H,4-5H2,1-2H3/t6-,8+,9-,10+,11-,12+,15+/m1/s1. The van der Waals surface area contributed by atoms with E-state index in [0.717, 1.165) is 0 Å². The summed E-state index contributed by atoms with van der Waals surface area (Å²) in [6.07, 6.45) is 0.785. The molecule has 2 bridgehead atoms. The van der Waals surface area contributed by atoms with E-state index in [1.807, 2.05) is 6.92 Å². The van der Waals surface area contributed by atoms with E-state index in [-0.39, 0.29) is 35.6 Å². The van der Waals surface area contributed by atoms with E-state index in [9.17, 15) is 14.7 Å². The Kier molecular flexibility index (Phi) is 2.58. The molecule has 0 radical (unpaired) electrons. The van der Waals surface area contributed by atoms with Crippen molar-refractivity contribution in [2.45, 2.75) is 56.7 Å². The molecule has 2 saturated heterocycles. The van der Waals surface area contributed by atoms with Gasteiger partial charge in [-0.3, -0.25) is 4.79 Å². The first-order valence-corrected chi connectivity index (χ1v) is 7.38. The summed E-state index contributed by atoms with van der Waals surface area (Å²) in [7, 11) is 0. The van der Waals surface area contributed by atoms with Gasteiger partial charge >= 0.3 is 11.9 Å². The van der Waals surface area contributed by atoms with E-state index in [2.05, 4.69) is 0 Å². The third kappa shape index (κ3) is 1.85. The van der Waals surface area contributed by atoms with E-state index in [1.54, 1.807) is 13.0 Å². The first-order valence-electron chi connectivity index (χ1n) is 7.38. The number of carbonyl (C=O) groups is 2. The highest BCUT2D eigenvalue weighted by Crippen LogP contribution is 2.49. The Balaban J connectivity index is 1.74. The number of rotatable bonds is 0. The van der Waals surface area contributed by atoms with Crippen molar-refractivity contribution in [1.29, 1.82) is 0 Å². The van der Waals surface area contributed by atoms with Gasteiger partial charge in [0.2, 0.25) is 0 Å². The number of hydrogen-bond acceptors (Lipinski definition) is 6. The maximum Gasteiger partial charge on any atom is 0.337 e. The summed E-state index contributed by atoms with van der Waals surface area (Å²) in [6, 6.07) is 0. The van der Waals surface area contributed by atoms with Crippen LogP contribution in [0.15, 0.2) is 11.6 Å².